The topological polar surface area (TPSA) is 33.1 Å². The van der Waals surface area contributed by atoms with Gasteiger partial charge < -0.3 is 5.11 Å². The van der Waals surface area contributed by atoms with E-state index in [1.165, 1.54) is 11.1 Å². The zero-order valence-corrected chi connectivity index (χ0v) is 11.1. The van der Waals surface area contributed by atoms with Gasteiger partial charge in [-0.05, 0) is 55.2 Å². The molecule has 1 aromatic heterocycles. The van der Waals surface area contributed by atoms with Crippen molar-refractivity contribution in [2.45, 2.75) is 32.8 Å². The van der Waals surface area contributed by atoms with Crippen molar-refractivity contribution in [3.8, 4) is 0 Å². The quantitative estimate of drug-likeness (QED) is 0.895. The lowest BCUT2D eigenvalue weighted by molar-refractivity contribution is 0.0575. The van der Waals surface area contributed by atoms with Gasteiger partial charge in [0.2, 0.25) is 0 Å². The van der Waals surface area contributed by atoms with E-state index in [0.29, 0.717) is 6.42 Å². The van der Waals surface area contributed by atoms with Crippen LogP contribution in [0.2, 0.25) is 0 Å². The maximum Gasteiger partial charge on any atom is 0.0908 e. The number of nitrogens with zero attached hydrogens (tertiary/aromatic N) is 1. The molecule has 1 heterocycles. The fourth-order valence-corrected chi connectivity index (χ4v) is 2.08. The van der Waals surface area contributed by atoms with E-state index in [0.717, 1.165) is 11.1 Å². The van der Waals surface area contributed by atoms with Crippen molar-refractivity contribution in [2.24, 2.45) is 0 Å². The molecule has 2 heteroatoms. The van der Waals surface area contributed by atoms with Gasteiger partial charge in [0.15, 0.2) is 0 Å². The SMILES string of the molecule is Cc1ccc(C(C)(O)Cc2ccncc2)cc1C. The number of aryl methyl sites for hydroxylation is 2. The number of aliphatic hydroxyl groups is 1. The molecule has 0 bridgehead atoms. The average Bonchev–Trinajstić information content (AvgIpc) is 2.33. The summed E-state index contributed by atoms with van der Waals surface area (Å²) in [5.74, 6) is 0. The molecule has 0 aliphatic rings. The number of rotatable bonds is 3. The van der Waals surface area contributed by atoms with Gasteiger partial charge >= 0.3 is 0 Å². The van der Waals surface area contributed by atoms with Crippen molar-refractivity contribution in [1.29, 1.82) is 0 Å². The molecule has 0 fully saturated rings. The maximum atomic E-state index is 10.6. The molecule has 1 unspecified atom stereocenters. The van der Waals surface area contributed by atoms with Crippen molar-refractivity contribution in [3.05, 3.63) is 65.0 Å². The molecule has 0 spiro atoms. The molecule has 0 aliphatic carbocycles. The zero-order chi connectivity index (χ0) is 13.2. The lowest BCUT2D eigenvalue weighted by atomic mass is 9.88. The molecule has 0 amide bonds. The predicted octanol–water partition coefficient (Wildman–Crippen LogP) is 3.15. The molecule has 2 nitrogen and oxygen atoms in total. The highest BCUT2D eigenvalue weighted by molar-refractivity contribution is 5.34. The summed E-state index contributed by atoms with van der Waals surface area (Å²) in [4.78, 5) is 3.99. The molecular formula is C16H19NO. The highest BCUT2D eigenvalue weighted by Crippen LogP contribution is 2.26. The van der Waals surface area contributed by atoms with Crippen LogP contribution in [-0.2, 0) is 12.0 Å². The van der Waals surface area contributed by atoms with Crippen LogP contribution in [-0.4, -0.2) is 10.1 Å². The third-order valence-electron chi connectivity index (χ3n) is 3.43. The van der Waals surface area contributed by atoms with Gasteiger partial charge in [0.25, 0.3) is 0 Å². The van der Waals surface area contributed by atoms with Gasteiger partial charge in [-0.1, -0.05) is 18.2 Å². The highest BCUT2D eigenvalue weighted by atomic mass is 16.3. The van der Waals surface area contributed by atoms with Crippen LogP contribution in [0.25, 0.3) is 0 Å². The fraction of sp³-hybridized carbons (Fsp3) is 0.312. The Morgan fingerprint density at radius 2 is 1.72 bits per heavy atom. The number of aromatic nitrogens is 1. The molecule has 94 valence electrons. The highest BCUT2D eigenvalue weighted by Gasteiger charge is 2.23. The number of pyridine rings is 1. The second-order valence-electron chi connectivity index (χ2n) is 5.11. The molecular weight excluding hydrogens is 222 g/mol. The van der Waals surface area contributed by atoms with Crippen LogP contribution in [0.5, 0.6) is 0 Å². The Labute approximate surface area is 108 Å². The largest absolute Gasteiger partial charge is 0.385 e. The first-order chi connectivity index (χ1) is 8.49. The van der Waals surface area contributed by atoms with Crippen LogP contribution in [0.4, 0.5) is 0 Å². The first-order valence-corrected chi connectivity index (χ1v) is 6.18. The van der Waals surface area contributed by atoms with Crippen molar-refractivity contribution < 1.29 is 5.11 Å². The summed E-state index contributed by atoms with van der Waals surface area (Å²) in [6, 6.07) is 10.0. The molecule has 0 radical (unpaired) electrons. The van der Waals surface area contributed by atoms with Gasteiger partial charge in [-0.2, -0.15) is 0 Å². The van der Waals surface area contributed by atoms with E-state index < -0.39 is 5.60 Å². The maximum absolute atomic E-state index is 10.6. The van der Waals surface area contributed by atoms with E-state index in [4.69, 9.17) is 0 Å². The van der Waals surface area contributed by atoms with Gasteiger partial charge in [0.05, 0.1) is 5.60 Å². The normalized spacial score (nSPS) is 14.2. The summed E-state index contributed by atoms with van der Waals surface area (Å²) < 4.78 is 0. The number of hydrogen-bond donors (Lipinski definition) is 1. The Kier molecular flexibility index (Phi) is 3.48. The summed E-state index contributed by atoms with van der Waals surface area (Å²) >= 11 is 0. The summed E-state index contributed by atoms with van der Waals surface area (Å²) in [5, 5.41) is 10.6. The van der Waals surface area contributed by atoms with Crippen molar-refractivity contribution in [1.82, 2.24) is 4.98 Å². The van der Waals surface area contributed by atoms with Gasteiger partial charge in [-0.25, -0.2) is 0 Å². The molecule has 0 aliphatic heterocycles. The van der Waals surface area contributed by atoms with Crippen LogP contribution in [0.15, 0.2) is 42.7 Å². The summed E-state index contributed by atoms with van der Waals surface area (Å²) in [7, 11) is 0. The van der Waals surface area contributed by atoms with E-state index in [9.17, 15) is 5.11 Å². The Hall–Kier alpha value is -1.67. The average molecular weight is 241 g/mol. The molecule has 0 saturated carbocycles. The number of benzene rings is 1. The first-order valence-electron chi connectivity index (χ1n) is 6.18. The first kappa shape index (κ1) is 12.8. The van der Waals surface area contributed by atoms with E-state index in [1.807, 2.05) is 25.1 Å². The Bertz CT molecular complexity index is 532. The molecule has 2 rings (SSSR count). The number of hydrogen-bond acceptors (Lipinski definition) is 2. The van der Waals surface area contributed by atoms with E-state index in [-0.39, 0.29) is 0 Å². The van der Waals surface area contributed by atoms with Crippen LogP contribution in [0.3, 0.4) is 0 Å². The van der Waals surface area contributed by atoms with Crippen LogP contribution in [0, 0.1) is 13.8 Å². The standard InChI is InChI=1S/C16H19NO/c1-12-4-5-15(10-13(12)2)16(3,18)11-14-6-8-17-9-7-14/h4-10,18H,11H2,1-3H3. The van der Waals surface area contributed by atoms with E-state index in [1.54, 1.807) is 12.4 Å². The zero-order valence-electron chi connectivity index (χ0n) is 11.1. The van der Waals surface area contributed by atoms with Gasteiger partial charge in [-0.15, -0.1) is 0 Å². The molecule has 1 aromatic carbocycles. The predicted molar refractivity (Wildman–Crippen MR) is 73.4 cm³/mol. The molecule has 18 heavy (non-hydrogen) atoms. The smallest absolute Gasteiger partial charge is 0.0908 e. The van der Waals surface area contributed by atoms with E-state index in [2.05, 4.69) is 31.0 Å². The minimum absolute atomic E-state index is 0.595. The second kappa shape index (κ2) is 4.91. The summed E-state index contributed by atoms with van der Waals surface area (Å²) in [6.07, 6.45) is 4.11. The van der Waals surface area contributed by atoms with Crippen molar-refractivity contribution >= 4 is 0 Å². The third kappa shape index (κ3) is 2.77. The molecule has 1 atom stereocenters. The minimum atomic E-state index is -0.847. The molecule has 1 N–H and O–H groups in total. The summed E-state index contributed by atoms with van der Waals surface area (Å²) in [6.45, 7) is 6.01. The van der Waals surface area contributed by atoms with Crippen molar-refractivity contribution in [2.75, 3.05) is 0 Å². The van der Waals surface area contributed by atoms with Gasteiger partial charge in [0, 0.05) is 18.8 Å². The Morgan fingerprint density at radius 1 is 1.06 bits per heavy atom. The monoisotopic (exact) mass is 241 g/mol. The minimum Gasteiger partial charge on any atom is -0.385 e. The molecule has 2 aromatic rings. The van der Waals surface area contributed by atoms with Crippen LogP contribution < -0.4 is 0 Å². The second-order valence-corrected chi connectivity index (χ2v) is 5.11. The Morgan fingerprint density at radius 3 is 2.33 bits per heavy atom. The lowest BCUT2D eigenvalue weighted by Gasteiger charge is -2.24. The summed E-state index contributed by atoms with van der Waals surface area (Å²) in [5.41, 5.74) is 3.66. The molecule has 0 saturated heterocycles. The van der Waals surface area contributed by atoms with Gasteiger partial charge in [-0.3, -0.25) is 4.98 Å². The van der Waals surface area contributed by atoms with E-state index >= 15 is 0 Å². The van der Waals surface area contributed by atoms with Gasteiger partial charge in [0.1, 0.15) is 0 Å². The lowest BCUT2D eigenvalue weighted by Crippen LogP contribution is -2.24. The fourth-order valence-electron chi connectivity index (χ4n) is 2.08. The van der Waals surface area contributed by atoms with Crippen LogP contribution in [0.1, 0.15) is 29.2 Å². The Balaban J connectivity index is 2.27. The third-order valence-corrected chi connectivity index (χ3v) is 3.43. The van der Waals surface area contributed by atoms with Crippen molar-refractivity contribution in [3.63, 3.8) is 0 Å². The van der Waals surface area contributed by atoms with Crippen LogP contribution >= 0.6 is 0 Å².